The first-order valence-electron chi connectivity index (χ1n) is 5.80. The van der Waals surface area contributed by atoms with Gasteiger partial charge in [0, 0.05) is 21.1 Å². The van der Waals surface area contributed by atoms with E-state index in [-0.39, 0.29) is 5.75 Å². The summed E-state index contributed by atoms with van der Waals surface area (Å²) in [4.78, 5) is 5.60. The molecule has 0 spiro atoms. The number of hydrogen-bond donors (Lipinski definition) is 1. The predicted molar refractivity (Wildman–Crippen MR) is 85.3 cm³/mol. The summed E-state index contributed by atoms with van der Waals surface area (Å²) in [7, 11) is 0. The van der Waals surface area contributed by atoms with Gasteiger partial charge in [-0.05, 0) is 42.2 Å². The van der Waals surface area contributed by atoms with Gasteiger partial charge in [0.2, 0.25) is 0 Å². The van der Waals surface area contributed by atoms with E-state index >= 15 is 0 Å². The van der Waals surface area contributed by atoms with Crippen LogP contribution in [0.4, 0.5) is 0 Å². The molecule has 0 heterocycles. The molecule has 0 aromatic heterocycles. The number of nitrogens with zero attached hydrogens (tertiary/aromatic N) is 1. The van der Waals surface area contributed by atoms with Crippen molar-refractivity contribution < 1.29 is 5.11 Å². The number of aliphatic imine (C=N–C) groups is 1. The zero-order valence-electron chi connectivity index (χ0n) is 10.5. The maximum atomic E-state index is 9.69. The Morgan fingerprint density at radius 2 is 1.95 bits per heavy atom. The molecule has 0 atom stereocenters. The molecule has 2 aromatic rings. The summed E-state index contributed by atoms with van der Waals surface area (Å²) in [5.41, 5.74) is 1.87. The SMILES string of the molecule is CSc1ccc(CN=Cc2cc(Br)ccc2O)cc1. The minimum Gasteiger partial charge on any atom is -0.507 e. The Morgan fingerprint density at radius 3 is 2.63 bits per heavy atom. The fourth-order valence-electron chi connectivity index (χ4n) is 1.61. The summed E-state index contributed by atoms with van der Waals surface area (Å²) in [5, 5.41) is 9.69. The average Bonchev–Trinajstić information content (AvgIpc) is 2.43. The quantitative estimate of drug-likeness (QED) is 0.659. The van der Waals surface area contributed by atoms with Gasteiger partial charge in [-0.1, -0.05) is 28.1 Å². The molecule has 19 heavy (non-hydrogen) atoms. The van der Waals surface area contributed by atoms with Crippen LogP contribution >= 0.6 is 27.7 Å². The van der Waals surface area contributed by atoms with Crippen LogP contribution in [0.3, 0.4) is 0 Å². The maximum Gasteiger partial charge on any atom is 0.124 e. The molecule has 0 radical (unpaired) electrons. The Hall–Kier alpha value is -1.26. The molecule has 1 N–H and O–H groups in total. The van der Waals surface area contributed by atoms with Crippen LogP contribution in [0.15, 0.2) is 56.8 Å². The van der Waals surface area contributed by atoms with E-state index in [0.29, 0.717) is 6.54 Å². The van der Waals surface area contributed by atoms with Crippen LogP contribution < -0.4 is 0 Å². The van der Waals surface area contributed by atoms with Gasteiger partial charge in [-0.25, -0.2) is 0 Å². The molecule has 0 aliphatic heterocycles. The van der Waals surface area contributed by atoms with Crippen molar-refractivity contribution in [3.63, 3.8) is 0 Å². The van der Waals surface area contributed by atoms with Gasteiger partial charge in [0.25, 0.3) is 0 Å². The van der Waals surface area contributed by atoms with Gasteiger partial charge in [-0.15, -0.1) is 11.8 Å². The molecular formula is C15H14BrNOS. The molecule has 0 saturated heterocycles. The summed E-state index contributed by atoms with van der Waals surface area (Å²) in [5.74, 6) is 0.240. The molecule has 0 amide bonds. The van der Waals surface area contributed by atoms with Crippen LogP contribution in [0.5, 0.6) is 5.75 Å². The number of phenols is 1. The second-order valence-corrected chi connectivity index (χ2v) is 5.82. The number of halogens is 1. The Morgan fingerprint density at radius 1 is 1.21 bits per heavy atom. The monoisotopic (exact) mass is 335 g/mol. The molecule has 2 nitrogen and oxygen atoms in total. The highest BCUT2D eigenvalue weighted by Gasteiger charge is 1.98. The highest BCUT2D eigenvalue weighted by molar-refractivity contribution is 9.10. The fourth-order valence-corrected chi connectivity index (χ4v) is 2.40. The van der Waals surface area contributed by atoms with Gasteiger partial charge < -0.3 is 5.11 Å². The lowest BCUT2D eigenvalue weighted by atomic mass is 10.2. The van der Waals surface area contributed by atoms with Crippen LogP contribution in [0, 0.1) is 0 Å². The van der Waals surface area contributed by atoms with Crippen molar-refractivity contribution in [1.82, 2.24) is 0 Å². The first-order valence-corrected chi connectivity index (χ1v) is 7.82. The smallest absolute Gasteiger partial charge is 0.124 e. The van der Waals surface area contributed by atoms with E-state index in [4.69, 9.17) is 0 Å². The van der Waals surface area contributed by atoms with Crippen molar-refractivity contribution >= 4 is 33.9 Å². The lowest BCUT2D eigenvalue weighted by Crippen LogP contribution is -1.86. The van der Waals surface area contributed by atoms with E-state index in [1.165, 1.54) is 4.90 Å². The van der Waals surface area contributed by atoms with Crippen molar-refractivity contribution in [2.45, 2.75) is 11.4 Å². The first kappa shape index (κ1) is 14.2. The lowest BCUT2D eigenvalue weighted by Gasteiger charge is -2.00. The van der Waals surface area contributed by atoms with E-state index in [1.54, 1.807) is 30.1 Å². The average molecular weight is 336 g/mol. The van der Waals surface area contributed by atoms with Crippen LogP contribution in [0.25, 0.3) is 0 Å². The number of phenolic OH excluding ortho intramolecular Hbond substituents is 1. The van der Waals surface area contributed by atoms with Crippen LogP contribution in [-0.4, -0.2) is 17.6 Å². The molecule has 4 heteroatoms. The van der Waals surface area contributed by atoms with E-state index in [9.17, 15) is 5.11 Å². The van der Waals surface area contributed by atoms with E-state index < -0.39 is 0 Å². The second-order valence-electron chi connectivity index (χ2n) is 4.02. The van der Waals surface area contributed by atoms with Gasteiger partial charge in [-0.3, -0.25) is 4.99 Å². The minimum atomic E-state index is 0.240. The Kier molecular flexibility index (Phi) is 5.05. The summed E-state index contributed by atoms with van der Waals surface area (Å²) < 4.78 is 0.927. The molecular weight excluding hydrogens is 322 g/mol. The zero-order chi connectivity index (χ0) is 13.7. The molecule has 0 unspecified atom stereocenters. The van der Waals surface area contributed by atoms with Crippen LogP contribution in [0.1, 0.15) is 11.1 Å². The van der Waals surface area contributed by atoms with Crippen LogP contribution in [0.2, 0.25) is 0 Å². The van der Waals surface area contributed by atoms with Crippen molar-refractivity contribution in [1.29, 1.82) is 0 Å². The number of rotatable bonds is 4. The summed E-state index contributed by atoms with van der Waals surface area (Å²) >= 11 is 5.10. The Bertz CT molecular complexity index is 581. The Balaban J connectivity index is 2.04. The molecule has 2 aromatic carbocycles. The van der Waals surface area contributed by atoms with Crippen molar-refractivity contribution in [2.75, 3.05) is 6.26 Å². The minimum absolute atomic E-state index is 0.240. The molecule has 0 saturated carbocycles. The van der Waals surface area contributed by atoms with Crippen molar-refractivity contribution in [3.8, 4) is 5.75 Å². The Labute approximate surface area is 125 Å². The third-order valence-corrected chi connectivity index (χ3v) is 3.89. The second kappa shape index (κ2) is 6.78. The number of aromatic hydroxyl groups is 1. The largest absolute Gasteiger partial charge is 0.507 e. The number of hydrogen-bond acceptors (Lipinski definition) is 3. The maximum absolute atomic E-state index is 9.69. The zero-order valence-corrected chi connectivity index (χ0v) is 12.9. The first-order chi connectivity index (χ1) is 9.19. The fraction of sp³-hybridized carbons (Fsp3) is 0.133. The summed E-state index contributed by atoms with van der Waals surface area (Å²) in [6.07, 6.45) is 3.76. The van der Waals surface area contributed by atoms with E-state index in [0.717, 1.165) is 15.6 Å². The van der Waals surface area contributed by atoms with Crippen molar-refractivity contribution in [2.24, 2.45) is 4.99 Å². The molecule has 98 valence electrons. The van der Waals surface area contributed by atoms with Gasteiger partial charge in [0.15, 0.2) is 0 Å². The molecule has 0 aliphatic carbocycles. The van der Waals surface area contributed by atoms with Crippen LogP contribution in [-0.2, 0) is 6.54 Å². The van der Waals surface area contributed by atoms with Gasteiger partial charge >= 0.3 is 0 Å². The van der Waals surface area contributed by atoms with E-state index in [1.807, 2.05) is 6.07 Å². The highest BCUT2D eigenvalue weighted by atomic mass is 79.9. The topological polar surface area (TPSA) is 32.6 Å². The molecule has 0 fully saturated rings. The standard InChI is InChI=1S/C15H14BrNOS/c1-19-14-5-2-11(3-6-14)9-17-10-12-8-13(16)4-7-15(12)18/h2-8,10,18H,9H2,1H3. The third kappa shape index (κ3) is 4.11. The predicted octanol–water partition coefficient (Wildman–Crippen LogP) is 4.50. The highest BCUT2D eigenvalue weighted by Crippen LogP contribution is 2.20. The molecule has 0 bridgehead atoms. The van der Waals surface area contributed by atoms with E-state index in [2.05, 4.69) is 51.4 Å². The molecule has 2 rings (SSSR count). The number of benzene rings is 2. The van der Waals surface area contributed by atoms with Gasteiger partial charge in [0.1, 0.15) is 5.75 Å². The molecule has 0 aliphatic rings. The number of thioether (sulfide) groups is 1. The van der Waals surface area contributed by atoms with Gasteiger partial charge in [0.05, 0.1) is 6.54 Å². The normalized spacial score (nSPS) is 11.1. The summed E-state index contributed by atoms with van der Waals surface area (Å²) in [6.45, 7) is 0.612. The lowest BCUT2D eigenvalue weighted by molar-refractivity contribution is 0.474. The summed E-state index contributed by atoms with van der Waals surface area (Å²) in [6, 6.07) is 13.6. The van der Waals surface area contributed by atoms with Crippen molar-refractivity contribution in [3.05, 3.63) is 58.1 Å². The third-order valence-electron chi connectivity index (χ3n) is 2.65. The van der Waals surface area contributed by atoms with Gasteiger partial charge in [-0.2, -0.15) is 0 Å².